The van der Waals surface area contributed by atoms with Crippen molar-refractivity contribution in [2.75, 3.05) is 0 Å². The van der Waals surface area contributed by atoms with Gasteiger partial charge in [-0.3, -0.25) is 4.79 Å². The van der Waals surface area contributed by atoms with Crippen LogP contribution in [0.4, 0.5) is 4.39 Å². The molecular formula is C14H9Br2FO2. The summed E-state index contributed by atoms with van der Waals surface area (Å²) < 4.78 is 18.6. The highest BCUT2D eigenvalue weighted by Gasteiger charge is 2.14. The van der Waals surface area contributed by atoms with Crippen LogP contribution in [0.5, 0.6) is 0 Å². The van der Waals surface area contributed by atoms with Gasteiger partial charge in [0.15, 0.2) is 5.78 Å². The molecule has 0 saturated carbocycles. The Labute approximate surface area is 127 Å². The summed E-state index contributed by atoms with van der Waals surface area (Å²) in [6.45, 7) is 0.266. The number of ketones is 1. The third kappa shape index (κ3) is 3.49. The van der Waals surface area contributed by atoms with E-state index in [9.17, 15) is 9.18 Å². The molecule has 0 N–H and O–H groups in total. The quantitative estimate of drug-likeness (QED) is 0.714. The highest BCUT2D eigenvalue weighted by molar-refractivity contribution is 9.10. The van der Waals surface area contributed by atoms with Crippen LogP contribution in [-0.2, 0) is 10.4 Å². The standard InChI is InChI=1S/C14H9Br2FO2/c15-11-3-6-13(10(7-11)8-19-16)14(18)9-1-4-12(17)5-2-9/h1-7H,8H2. The smallest absolute Gasteiger partial charge is 0.193 e. The molecule has 0 spiro atoms. The predicted molar refractivity (Wildman–Crippen MR) is 77.7 cm³/mol. The number of halogens is 3. The molecule has 0 aromatic heterocycles. The second-order valence-electron chi connectivity index (χ2n) is 3.89. The first kappa shape index (κ1) is 14.4. The summed E-state index contributed by atoms with van der Waals surface area (Å²) in [7, 11) is 0. The molecule has 5 heteroatoms. The Kier molecular flexibility index (Phi) is 4.85. The lowest BCUT2D eigenvalue weighted by atomic mass is 9.99. The van der Waals surface area contributed by atoms with Crippen LogP contribution in [0.1, 0.15) is 21.5 Å². The molecule has 98 valence electrons. The molecule has 0 amide bonds. The van der Waals surface area contributed by atoms with Crippen molar-refractivity contribution in [3.63, 3.8) is 0 Å². The van der Waals surface area contributed by atoms with E-state index in [1.165, 1.54) is 24.3 Å². The van der Waals surface area contributed by atoms with Crippen LogP contribution < -0.4 is 0 Å². The maximum atomic E-state index is 12.9. The minimum atomic E-state index is -0.364. The Bertz CT molecular complexity index is 597. The van der Waals surface area contributed by atoms with E-state index in [1.807, 2.05) is 6.07 Å². The molecular weight excluding hydrogens is 379 g/mol. The SMILES string of the molecule is O=C(c1ccc(F)cc1)c1ccc(Br)cc1COBr. The zero-order valence-electron chi connectivity index (χ0n) is 9.70. The molecule has 0 heterocycles. The number of hydrogen-bond donors (Lipinski definition) is 0. The summed E-state index contributed by atoms with van der Waals surface area (Å²) in [5.41, 5.74) is 1.73. The fourth-order valence-electron chi connectivity index (χ4n) is 1.72. The van der Waals surface area contributed by atoms with Gasteiger partial charge in [0.05, 0.1) is 22.9 Å². The van der Waals surface area contributed by atoms with E-state index in [4.69, 9.17) is 3.83 Å². The van der Waals surface area contributed by atoms with Gasteiger partial charge in [-0.25, -0.2) is 4.39 Å². The summed E-state index contributed by atoms with van der Waals surface area (Å²) in [5, 5.41) is 0. The molecule has 0 unspecified atom stereocenters. The molecule has 0 fully saturated rings. The summed E-state index contributed by atoms with van der Waals surface area (Å²) in [6, 6.07) is 10.8. The molecule has 2 nitrogen and oxygen atoms in total. The highest BCUT2D eigenvalue weighted by atomic mass is 79.9. The van der Waals surface area contributed by atoms with Crippen molar-refractivity contribution in [3.05, 3.63) is 69.4 Å². The monoisotopic (exact) mass is 386 g/mol. The van der Waals surface area contributed by atoms with E-state index in [0.717, 1.165) is 10.0 Å². The van der Waals surface area contributed by atoms with Crippen molar-refractivity contribution < 1.29 is 13.0 Å². The number of hydrogen-bond acceptors (Lipinski definition) is 2. The summed E-state index contributed by atoms with van der Waals surface area (Å²) >= 11 is 6.23. The molecule has 0 aliphatic rings. The topological polar surface area (TPSA) is 26.3 Å². The van der Waals surface area contributed by atoms with Gasteiger partial charge < -0.3 is 3.83 Å². The molecule has 2 rings (SSSR count). The second kappa shape index (κ2) is 6.41. The van der Waals surface area contributed by atoms with Crippen LogP contribution in [-0.4, -0.2) is 5.78 Å². The van der Waals surface area contributed by atoms with Crippen LogP contribution >= 0.6 is 32.2 Å². The Morgan fingerprint density at radius 1 is 1.16 bits per heavy atom. The van der Waals surface area contributed by atoms with Gasteiger partial charge in [-0.2, -0.15) is 0 Å². The van der Waals surface area contributed by atoms with Crippen LogP contribution in [0, 0.1) is 5.82 Å². The molecule has 19 heavy (non-hydrogen) atoms. The van der Waals surface area contributed by atoms with E-state index >= 15 is 0 Å². The number of carbonyl (C=O) groups excluding carboxylic acids is 1. The molecule has 0 bridgehead atoms. The first-order valence-corrected chi connectivity index (χ1v) is 6.88. The van der Waals surface area contributed by atoms with E-state index < -0.39 is 0 Å². The van der Waals surface area contributed by atoms with Crippen molar-refractivity contribution in [1.29, 1.82) is 0 Å². The van der Waals surface area contributed by atoms with Crippen LogP contribution in [0.2, 0.25) is 0 Å². The van der Waals surface area contributed by atoms with Crippen molar-refractivity contribution >= 4 is 38.0 Å². The average Bonchev–Trinajstić information content (AvgIpc) is 2.39. The lowest BCUT2D eigenvalue weighted by molar-refractivity contribution is 0.103. The maximum absolute atomic E-state index is 12.9. The molecule has 2 aromatic rings. The summed E-state index contributed by atoms with van der Waals surface area (Å²) in [4.78, 5) is 12.4. The Morgan fingerprint density at radius 3 is 2.47 bits per heavy atom. The van der Waals surface area contributed by atoms with Gasteiger partial charge in [-0.05, 0) is 48.0 Å². The second-order valence-corrected chi connectivity index (χ2v) is 5.26. The van der Waals surface area contributed by atoms with Gasteiger partial charge in [-0.1, -0.05) is 15.9 Å². The minimum Gasteiger partial charge on any atom is -0.303 e. The van der Waals surface area contributed by atoms with E-state index in [2.05, 4.69) is 32.2 Å². The van der Waals surface area contributed by atoms with Crippen molar-refractivity contribution in [1.82, 2.24) is 0 Å². The minimum absolute atomic E-state index is 0.160. The third-order valence-corrected chi connectivity index (χ3v) is 3.35. The van der Waals surface area contributed by atoms with Gasteiger partial charge >= 0.3 is 0 Å². The average molecular weight is 388 g/mol. The molecule has 0 saturated heterocycles. The molecule has 0 aliphatic heterocycles. The van der Waals surface area contributed by atoms with Crippen molar-refractivity contribution in [2.45, 2.75) is 6.61 Å². The van der Waals surface area contributed by atoms with Gasteiger partial charge in [0.25, 0.3) is 0 Å². The fraction of sp³-hybridized carbons (Fsp3) is 0.0714. The van der Waals surface area contributed by atoms with E-state index in [0.29, 0.717) is 11.1 Å². The van der Waals surface area contributed by atoms with Crippen LogP contribution in [0.25, 0.3) is 0 Å². The number of rotatable bonds is 4. The third-order valence-electron chi connectivity index (χ3n) is 2.63. The Hall–Kier alpha value is -1.04. The van der Waals surface area contributed by atoms with E-state index in [1.54, 1.807) is 12.1 Å². The van der Waals surface area contributed by atoms with Gasteiger partial charge in [-0.15, -0.1) is 0 Å². The highest BCUT2D eigenvalue weighted by Crippen LogP contribution is 2.21. The normalized spacial score (nSPS) is 10.5. The Morgan fingerprint density at radius 2 is 1.84 bits per heavy atom. The predicted octanol–water partition coefficient (Wildman–Crippen LogP) is 4.65. The summed E-state index contributed by atoms with van der Waals surface area (Å²) in [5.74, 6) is -0.525. The number of benzene rings is 2. The van der Waals surface area contributed by atoms with Gasteiger partial charge in [0.1, 0.15) is 5.82 Å². The molecule has 0 atom stereocenters. The van der Waals surface area contributed by atoms with Crippen molar-refractivity contribution in [3.8, 4) is 0 Å². The zero-order valence-corrected chi connectivity index (χ0v) is 12.9. The first-order chi connectivity index (χ1) is 9.11. The lowest BCUT2D eigenvalue weighted by Crippen LogP contribution is -2.06. The largest absolute Gasteiger partial charge is 0.303 e. The zero-order chi connectivity index (χ0) is 13.8. The fourth-order valence-corrected chi connectivity index (χ4v) is 2.37. The Balaban J connectivity index is 2.40. The maximum Gasteiger partial charge on any atom is 0.193 e. The van der Waals surface area contributed by atoms with E-state index in [-0.39, 0.29) is 18.2 Å². The van der Waals surface area contributed by atoms with Crippen LogP contribution in [0.3, 0.4) is 0 Å². The van der Waals surface area contributed by atoms with Gasteiger partial charge in [0, 0.05) is 15.6 Å². The molecule has 0 radical (unpaired) electrons. The van der Waals surface area contributed by atoms with Crippen molar-refractivity contribution in [2.24, 2.45) is 0 Å². The molecule has 0 aliphatic carbocycles. The van der Waals surface area contributed by atoms with Gasteiger partial charge in [0.2, 0.25) is 0 Å². The first-order valence-electron chi connectivity index (χ1n) is 5.44. The molecule has 2 aromatic carbocycles. The summed E-state index contributed by atoms with van der Waals surface area (Å²) in [6.07, 6.45) is 0. The lowest BCUT2D eigenvalue weighted by Gasteiger charge is -2.08. The van der Waals surface area contributed by atoms with Crippen LogP contribution in [0.15, 0.2) is 46.9 Å². The number of carbonyl (C=O) groups is 1.